The molecule has 1 fully saturated rings. The monoisotopic (exact) mass is 278 g/mol. The van der Waals surface area contributed by atoms with Gasteiger partial charge in [-0.25, -0.2) is 9.80 Å². The quantitative estimate of drug-likeness (QED) is 0.557. The van der Waals surface area contributed by atoms with E-state index in [2.05, 4.69) is 16.1 Å². The summed E-state index contributed by atoms with van der Waals surface area (Å²) < 4.78 is 0. The van der Waals surface area contributed by atoms with Crippen molar-refractivity contribution in [3.63, 3.8) is 0 Å². The van der Waals surface area contributed by atoms with Crippen molar-refractivity contribution in [2.24, 2.45) is 0 Å². The Morgan fingerprint density at radius 3 is 2.74 bits per heavy atom. The van der Waals surface area contributed by atoms with Gasteiger partial charge in [0.15, 0.2) is 5.11 Å². The van der Waals surface area contributed by atoms with Gasteiger partial charge in [0.25, 0.3) is 0 Å². The van der Waals surface area contributed by atoms with Crippen molar-refractivity contribution in [3.05, 3.63) is 29.3 Å². The van der Waals surface area contributed by atoms with Gasteiger partial charge in [0.1, 0.15) is 6.54 Å². The van der Waals surface area contributed by atoms with Crippen LogP contribution in [0.25, 0.3) is 0 Å². The largest absolute Gasteiger partial charge is 0.343 e. The van der Waals surface area contributed by atoms with Gasteiger partial charge in [-0.05, 0) is 43.3 Å². The predicted octanol–water partition coefficient (Wildman–Crippen LogP) is 1.06. The molecule has 0 aromatic heterocycles. The Labute approximate surface area is 116 Å². The second-order valence-electron chi connectivity index (χ2n) is 4.32. The number of nitrogens with one attached hydrogen (secondary N) is 3. The van der Waals surface area contributed by atoms with Gasteiger partial charge in [-0.15, -0.1) is 0 Å². The molecule has 0 aliphatic carbocycles. The highest BCUT2D eigenvalue weighted by Crippen LogP contribution is 2.16. The summed E-state index contributed by atoms with van der Waals surface area (Å²) in [6.07, 6.45) is 0. The molecule has 1 heterocycles. The van der Waals surface area contributed by atoms with Crippen molar-refractivity contribution in [2.45, 2.75) is 13.8 Å². The van der Waals surface area contributed by atoms with Crippen molar-refractivity contribution in [3.8, 4) is 0 Å². The summed E-state index contributed by atoms with van der Waals surface area (Å²) in [5.74, 6) is -0.355. The normalized spacial score (nSPS) is 14.3. The predicted molar refractivity (Wildman–Crippen MR) is 75.5 cm³/mol. The lowest BCUT2D eigenvalue weighted by Gasteiger charge is -2.18. The van der Waals surface area contributed by atoms with Gasteiger partial charge in [-0.2, -0.15) is 0 Å². The van der Waals surface area contributed by atoms with Crippen molar-refractivity contribution in [2.75, 3.05) is 11.9 Å². The number of imide groups is 1. The third-order valence-corrected chi connectivity index (χ3v) is 2.86. The van der Waals surface area contributed by atoms with E-state index in [1.165, 1.54) is 0 Å². The van der Waals surface area contributed by atoms with E-state index in [1.807, 2.05) is 32.0 Å². The van der Waals surface area contributed by atoms with Crippen LogP contribution in [0.3, 0.4) is 0 Å². The lowest BCUT2D eigenvalue weighted by molar-refractivity contribution is -0.118. The molecule has 1 aliphatic rings. The van der Waals surface area contributed by atoms with Gasteiger partial charge < -0.3 is 5.32 Å². The van der Waals surface area contributed by atoms with Gasteiger partial charge in [-0.1, -0.05) is 12.1 Å². The molecule has 0 radical (unpaired) electrons. The zero-order valence-electron chi connectivity index (χ0n) is 10.6. The topological polar surface area (TPSA) is 73.5 Å². The molecule has 0 bridgehead atoms. The highest BCUT2D eigenvalue weighted by atomic mass is 32.1. The van der Waals surface area contributed by atoms with Gasteiger partial charge in [0, 0.05) is 5.69 Å². The number of amides is 3. The van der Waals surface area contributed by atoms with E-state index in [1.54, 1.807) is 0 Å². The number of benzene rings is 1. The van der Waals surface area contributed by atoms with Crippen LogP contribution in [0.5, 0.6) is 0 Å². The van der Waals surface area contributed by atoms with Crippen LogP contribution >= 0.6 is 12.2 Å². The average molecular weight is 278 g/mol. The molecule has 100 valence electrons. The van der Waals surface area contributed by atoms with Gasteiger partial charge in [-0.3, -0.25) is 15.5 Å². The smallest absolute Gasteiger partial charge is 0.331 e. The summed E-state index contributed by atoms with van der Waals surface area (Å²) >= 11 is 5.11. The number of hydrogen-bond acceptors (Lipinski definition) is 3. The van der Waals surface area contributed by atoms with E-state index in [9.17, 15) is 9.59 Å². The molecule has 7 heteroatoms. The lowest BCUT2D eigenvalue weighted by atomic mass is 10.1. The first-order valence-corrected chi connectivity index (χ1v) is 6.13. The molecule has 3 N–H and O–H groups in total. The van der Waals surface area contributed by atoms with Crippen molar-refractivity contribution < 1.29 is 9.59 Å². The van der Waals surface area contributed by atoms with Gasteiger partial charge in [0.05, 0.1) is 0 Å². The summed E-state index contributed by atoms with van der Waals surface area (Å²) in [4.78, 5) is 22.4. The third-order valence-electron chi connectivity index (χ3n) is 2.67. The highest BCUT2D eigenvalue weighted by molar-refractivity contribution is 7.80. The van der Waals surface area contributed by atoms with E-state index < -0.39 is 6.03 Å². The average Bonchev–Trinajstić information content (AvgIpc) is 2.62. The van der Waals surface area contributed by atoms with Crippen LogP contribution in [-0.4, -0.2) is 28.6 Å². The fourth-order valence-electron chi connectivity index (χ4n) is 1.68. The zero-order chi connectivity index (χ0) is 14.0. The van der Waals surface area contributed by atoms with Crippen LogP contribution in [0.2, 0.25) is 0 Å². The molecule has 0 atom stereocenters. The Balaban J connectivity index is 2.00. The second-order valence-corrected chi connectivity index (χ2v) is 4.73. The maximum Gasteiger partial charge on any atom is 0.343 e. The van der Waals surface area contributed by atoms with Crippen molar-refractivity contribution in [1.82, 2.24) is 15.8 Å². The van der Waals surface area contributed by atoms with Crippen LogP contribution in [0.4, 0.5) is 10.5 Å². The minimum Gasteiger partial charge on any atom is -0.331 e. The molecule has 3 amide bonds. The first-order chi connectivity index (χ1) is 8.95. The number of aryl methyl sites for hydroxylation is 2. The Morgan fingerprint density at radius 1 is 1.37 bits per heavy atom. The number of carbonyl (C=O) groups is 2. The number of urea groups is 1. The van der Waals surface area contributed by atoms with E-state index in [0.717, 1.165) is 21.8 Å². The van der Waals surface area contributed by atoms with Crippen LogP contribution in [0.1, 0.15) is 11.1 Å². The molecule has 19 heavy (non-hydrogen) atoms. The van der Waals surface area contributed by atoms with Crippen LogP contribution in [0, 0.1) is 13.8 Å². The van der Waals surface area contributed by atoms with E-state index in [-0.39, 0.29) is 17.6 Å². The minimum atomic E-state index is -0.505. The summed E-state index contributed by atoms with van der Waals surface area (Å²) in [7, 11) is 0. The van der Waals surface area contributed by atoms with Crippen LogP contribution < -0.4 is 16.1 Å². The maximum atomic E-state index is 11.3. The first-order valence-electron chi connectivity index (χ1n) is 5.72. The Hall–Kier alpha value is -2.15. The highest BCUT2D eigenvalue weighted by Gasteiger charge is 2.27. The number of nitrogens with zero attached hydrogens (tertiary/aromatic N) is 1. The molecule has 0 spiro atoms. The van der Waals surface area contributed by atoms with E-state index >= 15 is 0 Å². The molecule has 1 aliphatic heterocycles. The lowest BCUT2D eigenvalue weighted by Crippen LogP contribution is -2.46. The van der Waals surface area contributed by atoms with Crippen LogP contribution in [-0.2, 0) is 4.79 Å². The van der Waals surface area contributed by atoms with E-state index in [0.29, 0.717) is 0 Å². The number of anilines is 1. The number of carbonyl (C=O) groups excluding carboxylic acids is 2. The Kier molecular flexibility index (Phi) is 3.66. The second kappa shape index (κ2) is 5.23. The zero-order valence-corrected chi connectivity index (χ0v) is 11.4. The number of rotatable bonds is 2. The molecule has 1 saturated heterocycles. The Morgan fingerprint density at radius 2 is 2.11 bits per heavy atom. The molecule has 1 aromatic rings. The summed E-state index contributed by atoms with van der Waals surface area (Å²) in [5.41, 5.74) is 5.68. The summed E-state index contributed by atoms with van der Waals surface area (Å²) in [6.45, 7) is 3.89. The standard InChI is InChI=1S/C12H14N4O2S/c1-7-3-4-8(2)9(5-7)13-11(19)15-16-6-10(17)14-12(16)18/h3-5H,6H2,1-2H3,(H2,13,15,19)(H,14,17,18). The van der Waals surface area contributed by atoms with Gasteiger partial charge in [0.2, 0.25) is 5.91 Å². The Bertz CT molecular complexity index is 559. The maximum absolute atomic E-state index is 11.3. The third kappa shape index (κ3) is 3.19. The van der Waals surface area contributed by atoms with Crippen LogP contribution in [0.15, 0.2) is 18.2 Å². The van der Waals surface area contributed by atoms with Crippen molar-refractivity contribution in [1.29, 1.82) is 0 Å². The fourth-order valence-corrected chi connectivity index (χ4v) is 1.90. The molecular formula is C12H14N4O2S. The number of thiocarbonyl (C=S) groups is 1. The van der Waals surface area contributed by atoms with Crippen molar-refractivity contribution >= 4 is 35.0 Å². The molecule has 2 rings (SSSR count). The molecule has 6 nitrogen and oxygen atoms in total. The molecule has 0 saturated carbocycles. The molecule has 1 aromatic carbocycles. The molecule has 0 unspecified atom stereocenters. The van der Waals surface area contributed by atoms with Gasteiger partial charge >= 0.3 is 6.03 Å². The first kappa shape index (κ1) is 13.3. The number of hydrazine groups is 1. The number of hydrogen-bond donors (Lipinski definition) is 3. The summed E-state index contributed by atoms with van der Waals surface area (Å²) in [5, 5.41) is 6.55. The van der Waals surface area contributed by atoms with E-state index in [4.69, 9.17) is 12.2 Å². The SMILES string of the molecule is Cc1ccc(C)c(NC(=S)NN2CC(=O)NC2=O)c1. The summed E-state index contributed by atoms with van der Waals surface area (Å²) in [6, 6.07) is 5.43. The minimum absolute atomic E-state index is 0.0482. The molecular weight excluding hydrogens is 264 g/mol. The fraction of sp³-hybridized carbons (Fsp3) is 0.250.